The normalized spacial score (nSPS) is 10.1. The van der Waals surface area contributed by atoms with E-state index in [2.05, 4.69) is 17.1 Å². The highest BCUT2D eigenvalue weighted by Gasteiger charge is 2.08. The number of nitrogens with zero attached hydrogens (tertiary/aromatic N) is 1. The molecule has 0 fully saturated rings. The van der Waals surface area contributed by atoms with E-state index in [4.69, 9.17) is 5.73 Å². The lowest BCUT2D eigenvalue weighted by atomic mass is 10.1. The number of nitrogens with one attached hydrogen (secondary N) is 1. The molecule has 0 saturated carbocycles. The summed E-state index contributed by atoms with van der Waals surface area (Å²) in [6.45, 7) is 7.88. The molecule has 0 heterocycles. The van der Waals surface area contributed by atoms with Gasteiger partial charge in [0.15, 0.2) is 0 Å². The monoisotopic (exact) mass is 235 g/mol. The van der Waals surface area contributed by atoms with Crippen LogP contribution in [0.1, 0.15) is 19.4 Å². The first-order chi connectivity index (χ1) is 8.06. The summed E-state index contributed by atoms with van der Waals surface area (Å²) in [5, 5.41) is 2.79. The van der Waals surface area contributed by atoms with Gasteiger partial charge in [-0.05, 0) is 25.5 Å². The third kappa shape index (κ3) is 3.66. The van der Waals surface area contributed by atoms with E-state index < -0.39 is 0 Å². The van der Waals surface area contributed by atoms with Crippen LogP contribution in [0.5, 0.6) is 0 Å². The summed E-state index contributed by atoms with van der Waals surface area (Å²) in [5.41, 5.74) is 9.00. The van der Waals surface area contributed by atoms with Gasteiger partial charge in [0.25, 0.3) is 0 Å². The molecular weight excluding hydrogens is 214 g/mol. The van der Waals surface area contributed by atoms with Crippen molar-refractivity contribution in [2.24, 2.45) is 0 Å². The number of hydrogen-bond donors (Lipinski definition) is 2. The summed E-state index contributed by atoms with van der Waals surface area (Å²) in [4.78, 5) is 13.0. The first-order valence-corrected chi connectivity index (χ1v) is 5.90. The number of carbonyl (C=O) groups is 1. The summed E-state index contributed by atoms with van der Waals surface area (Å²) in [7, 11) is 0. The van der Waals surface area contributed by atoms with Crippen molar-refractivity contribution < 1.29 is 4.79 Å². The van der Waals surface area contributed by atoms with Crippen LogP contribution in [-0.2, 0) is 4.79 Å². The summed E-state index contributed by atoms with van der Waals surface area (Å²) in [5.74, 6) is -0.00160. The van der Waals surface area contributed by atoms with E-state index in [-0.39, 0.29) is 5.91 Å². The molecule has 0 aliphatic heterocycles. The summed E-state index contributed by atoms with van der Waals surface area (Å²) in [6.07, 6.45) is 0. The number of anilines is 2. The maximum absolute atomic E-state index is 10.8. The lowest BCUT2D eigenvalue weighted by Gasteiger charge is -2.25. The summed E-state index contributed by atoms with van der Waals surface area (Å²) in [6, 6.07) is 6.02. The Labute approximate surface area is 103 Å². The molecule has 0 spiro atoms. The van der Waals surface area contributed by atoms with Crippen molar-refractivity contribution in [1.82, 2.24) is 5.32 Å². The molecule has 4 nitrogen and oxygen atoms in total. The molecule has 0 aliphatic rings. The molecule has 0 bridgehead atoms. The molecule has 4 heteroatoms. The minimum absolute atomic E-state index is 0.00160. The highest BCUT2D eigenvalue weighted by molar-refractivity contribution is 5.73. The van der Waals surface area contributed by atoms with Crippen LogP contribution in [0.4, 0.5) is 11.4 Å². The Hall–Kier alpha value is -1.71. The molecule has 17 heavy (non-hydrogen) atoms. The van der Waals surface area contributed by atoms with Gasteiger partial charge in [-0.25, -0.2) is 0 Å². The van der Waals surface area contributed by atoms with Gasteiger partial charge in [-0.1, -0.05) is 12.1 Å². The molecule has 3 N–H and O–H groups in total. The predicted molar refractivity (Wildman–Crippen MR) is 72.2 cm³/mol. The second kappa shape index (κ2) is 6.13. The van der Waals surface area contributed by atoms with Gasteiger partial charge in [-0.3, -0.25) is 4.79 Å². The average molecular weight is 235 g/mol. The standard InChI is InChI=1S/C13H21N3O/c1-4-16(9-8-15-11(3)17)12-7-5-6-10(2)13(12)14/h5-7H,4,8-9,14H2,1-3H3,(H,15,17). The van der Waals surface area contributed by atoms with Gasteiger partial charge in [0.1, 0.15) is 0 Å². The quantitative estimate of drug-likeness (QED) is 0.761. The zero-order valence-electron chi connectivity index (χ0n) is 10.8. The van der Waals surface area contributed by atoms with Gasteiger partial charge in [-0.2, -0.15) is 0 Å². The van der Waals surface area contributed by atoms with Crippen molar-refractivity contribution >= 4 is 17.3 Å². The van der Waals surface area contributed by atoms with E-state index in [0.29, 0.717) is 6.54 Å². The number of nitrogens with two attached hydrogens (primary N) is 1. The fraction of sp³-hybridized carbons (Fsp3) is 0.462. The van der Waals surface area contributed by atoms with Crippen LogP contribution >= 0.6 is 0 Å². The van der Waals surface area contributed by atoms with Crippen LogP contribution in [0.3, 0.4) is 0 Å². The third-order valence-electron chi connectivity index (χ3n) is 2.78. The molecule has 0 radical (unpaired) electrons. The van der Waals surface area contributed by atoms with Gasteiger partial charge < -0.3 is 16.0 Å². The number of hydrogen-bond acceptors (Lipinski definition) is 3. The van der Waals surface area contributed by atoms with Gasteiger partial charge in [0.2, 0.25) is 5.91 Å². The van der Waals surface area contributed by atoms with Crippen molar-refractivity contribution in [2.75, 3.05) is 30.3 Å². The molecule has 0 atom stereocenters. The van der Waals surface area contributed by atoms with Crippen molar-refractivity contribution in [3.05, 3.63) is 23.8 Å². The van der Waals surface area contributed by atoms with Crippen LogP contribution in [0, 0.1) is 6.92 Å². The smallest absolute Gasteiger partial charge is 0.216 e. The molecule has 94 valence electrons. The van der Waals surface area contributed by atoms with E-state index in [1.807, 2.05) is 25.1 Å². The van der Waals surface area contributed by atoms with Gasteiger partial charge >= 0.3 is 0 Å². The third-order valence-corrected chi connectivity index (χ3v) is 2.78. The van der Waals surface area contributed by atoms with E-state index in [9.17, 15) is 4.79 Å². The first kappa shape index (κ1) is 13.4. The van der Waals surface area contributed by atoms with Gasteiger partial charge in [0.05, 0.1) is 11.4 Å². The number of likely N-dealkylation sites (N-methyl/N-ethyl adjacent to an activating group) is 1. The zero-order chi connectivity index (χ0) is 12.8. The molecule has 1 aromatic carbocycles. The Morgan fingerprint density at radius 1 is 1.47 bits per heavy atom. The zero-order valence-corrected chi connectivity index (χ0v) is 10.8. The SMILES string of the molecule is CCN(CCNC(C)=O)c1cccc(C)c1N. The molecular formula is C13H21N3O. The number of benzene rings is 1. The minimum Gasteiger partial charge on any atom is -0.397 e. The number of amides is 1. The number of para-hydroxylation sites is 1. The lowest BCUT2D eigenvalue weighted by Crippen LogP contribution is -2.34. The number of nitrogen functional groups attached to an aromatic ring is 1. The van der Waals surface area contributed by atoms with Crippen LogP contribution in [-0.4, -0.2) is 25.5 Å². The molecule has 0 unspecified atom stereocenters. The van der Waals surface area contributed by atoms with Crippen LogP contribution in [0.2, 0.25) is 0 Å². The van der Waals surface area contributed by atoms with Crippen molar-refractivity contribution in [3.8, 4) is 0 Å². The van der Waals surface area contributed by atoms with Crippen LogP contribution in [0.15, 0.2) is 18.2 Å². The molecule has 1 amide bonds. The van der Waals surface area contributed by atoms with Gasteiger partial charge in [-0.15, -0.1) is 0 Å². The Kier molecular flexibility index (Phi) is 4.82. The Morgan fingerprint density at radius 2 is 2.18 bits per heavy atom. The van der Waals surface area contributed by atoms with E-state index in [1.165, 1.54) is 6.92 Å². The molecule has 0 aliphatic carbocycles. The molecule has 1 aromatic rings. The van der Waals surface area contributed by atoms with Crippen LogP contribution in [0.25, 0.3) is 0 Å². The van der Waals surface area contributed by atoms with E-state index in [1.54, 1.807) is 0 Å². The van der Waals surface area contributed by atoms with E-state index in [0.717, 1.165) is 30.0 Å². The second-order valence-electron chi connectivity index (χ2n) is 4.07. The second-order valence-corrected chi connectivity index (χ2v) is 4.07. The predicted octanol–water partition coefficient (Wildman–Crippen LogP) is 1.54. The minimum atomic E-state index is -0.00160. The maximum atomic E-state index is 10.8. The Bertz CT molecular complexity index is 390. The Morgan fingerprint density at radius 3 is 2.76 bits per heavy atom. The number of aryl methyl sites for hydroxylation is 1. The summed E-state index contributed by atoms with van der Waals surface area (Å²) < 4.78 is 0. The number of rotatable bonds is 5. The number of carbonyl (C=O) groups excluding carboxylic acids is 1. The average Bonchev–Trinajstić information content (AvgIpc) is 2.28. The fourth-order valence-electron chi connectivity index (χ4n) is 1.76. The highest BCUT2D eigenvalue weighted by atomic mass is 16.1. The Balaban J connectivity index is 2.72. The highest BCUT2D eigenvalue weighted by Crippen LogP contribution is 2.25. The first-order valence-electron chi connectivity index (χ1n) is 5.90. The van der Waals surface area contributed by atoms with Gasteiger partial charge in [0, 0.05) is 26.6 Å². The van der Waals surface area contributed by atoms with Crippen molar-refractivity contribution in [3.63, 3.8) is 0 Å². The molecule has 0 saturated heterocycles. The van der Waals surface area contributed by atoms with Crippen molar-refractivity contribution in [2.45, 2.75) is 20.8 Å². The topological polar surface area (TPSA) is 58.4 Å². The fourth-order valence-corrected chi connectivity index (χ4v) is 1.76. The van der Waals surface area contributed by atoms with E-state index >= 15 is 0 Å². The van der Waals surface area contributed by atoms with Crippen molar-refractivity contribution in [1.29, 1.82) is 0 Å². The summed E-state index contributed by atoms with van der Waals surface area (Å²) >= 11 is 0. The maximum Gasteiger partial charge on any atom is 0.216 e. The van der Waals surface area contributed by atoms with Crippen LogP contribution < -0.4 is 16.0 Å². The molecule has 1 rings (SSSR count). The lowest BCUT2D eigenvalue weighted by molar-refractivity contribution is -0.118. The molecule has 0 aromatic heterocycles. The largest absolute Gasteiger partial charge is 0.397 e.